The predicted octanol–water partition coefficient (Wildman–Crippen LogP) is 2.15. The van der Waals surface area contributed by atoms with Crippen LogP contribution >= 0.6 is 0 Å². The summed E-state index contributed by atoms with van der Waals surface area (Å²) in [6.07, 6.45) is 1.81. The number of nitrogens with one attached hydrogen (secondary N) is 1. The molecule has 1 saturated heterocycles. The molecule has 6 aliphatic rings. The van der Waals surface area contributed by atoms with Crippen molar-refractivity contribution in [3.05, 3.63) is 29.8 Å². The van der Waals surface area contributed by atoms with E-state index in [9.17, 15) is 19.8 Å². The number of hydrogen-bond donors (Lipinski definition) is 3. The van der Waals surface area contributed by atoms with E-state index in [1.807, 2.05) is 0 Å². The van der Waals surface area contributed by atoms with E-state index in [2.05, 4.69) is 17.3 Å². The molecule has 0 radical (unpaired) electrons. The molecule has 11 heteroatoms. The number of fused-ring (bicyclic) bond motifs is 2. The van der Waals surface area contributed by atoms with Crippen molar-refractivity contribution in [1.29, 1.82) is 0 Å². The summed E-state index contributed by atoms with van der Waals surface area (Å²) in [5.74, 6) is -1.89. The van der Waals surface area contributed by atoms with E-state index < -0.39 is 40.3 Å². The number of aliphatic hydroxyl groups is 2. The summed E-state index contributed by atoms with van der Waals surface area (Å²) in [4.78, 5) is 32.9. The maximum atomic E-state index is 14.1. The van der Waals surface area contributed by atoms with E-state index in [-0.39, 0.29) is 47.5 Å². The molecule has 1 aliphatic heterocycles. The van der Waals surface area contributed by atoms with Crippen LogP contribution in [0.3, 0.4) is 0 Å². The lowest BCUT2D eigenvalue weighted by molar-refractivity contribution is -0.337. The molecule has 1 spiro atoms. The largest absolute Gasteiger partial charge is 0.454 e. The number of nitrogens with zero attached hydrogens (tertiary/aromatic N) is 1. The van der Waals surface area contributed by atoms with Crippen molar-refractivity contribution in [3.63, 3.8) is 0 Å². The van der Waals surface area contributed by atoms with Crippen molar-refractivity contribution in [2.45, 2.75) is 87.1 Å². The fourth-order valence-corrected chi connectivity index (χ4v) is 11.5. The smallest absolute Gasteiger partial charge is 0.340 e. The number of esters is 1. The highest BCUT2D eigenvalue weighted by atomic mass is 16.7. The van der Waals surface area contributed by atoms with Crippen molar-refractivity contribution >= 4 is 17.6 Å². The first kappa shape index (κ1) is 29.4. The number of likely N-dealkylation sites (tertiary alicyclic amines) is 1. The fourth-order valence-electron chi connectivity index (χ4n) is 11.5. The van der Waals surface area contributed by atoms with Gasteiger partial charge in [0.2, 0.25) is 0 Å². The molecule has 5 saturated carbocycles. The minimum atomic E-state index is -1.49. The Labute approximate surface area is 252 Å². The Hall–Kier alpha value is -2.28. The highest BCUT2D eigenvalue weighted by Crippen LogP contribution is 2.79. The van der Waals surface area contributed by atoms with Crippen LogP contribution in [0, 0.1) is 29.1 Å². The molecule has 1 heterocycles. The number of para-hydroxylation sites is 1. The summed E-state index contributed by atoms with van der Waals surface area (Å²) in [6, 6.07) is 6.76. The van der Waals surface area contributed by atoms with Crippen LogP contribution < -0.4 is 5.48 Å². The second-order valence-electron chi connectivity index (χ2n) is 13.7. The molecule has 11 nitrogen and oxygen atoms in total. The van der Waals surface area contributed by atoms with E-state index in [0.29, 0.717) is 50.9 Å². The molecule has 1 aromatic rings. The van der Waals surface area contributed by atoms with Crippen LogP contribution in [0.1, 0.15) is 56.3 Å². The SMILES string of the molecule is CCN1C[C@@]2(OC(=O)c3ccccc3NOC(C)=O)CC[C@H](OC)[C@@]34C2CC([C@@H]13)[C@@]1(O)C[C@H](OC)[C@H]2CC4[C@]1(O)C2OC. The van der Waals surface area contributed by atoms with Crippen molar-refractivity contribution in [1.82, 2.24) is 4.90 Å². The molecule has 5 aliphatic carbocycles. The van der Waals surface area contributed by atoms with E-state index in [1.165, 1.54) is 6.92 Å². The van der Waals surface area contributed by atoms with Gasteiger partial charge < -0.3 is 34.0 Å². The van der Waals surface area contributed by atoms with Gasteiger partial charge >= 0.3 is 11.9 Å². The van der Waals surface area contributed by atoms with Gasteiger partial charge in [-0.05, 0) is 44.4 Å². The maximum absolute atomic E-state index is 14.1. The van der Waals surface area contributed by atoms with Gasteiger partial charge in [0.1, 0.15) is 16.8 Å². The molecule has 236 valence electrons. The Morgan fingerprint density at radius 1 is 1.07 bits per heavy atom. The minimum Gasteiger partial charge on any atom is -0.454 e. The van der Waals surface area contributed by atoms with Crippen LogP contribution in [0.2, 0.25) is 0 Å². The summed E-state index contributed by atoms with van der Waals surface area (Å²) >= 11 is 0. The Balaban J connectivity index is 1.35. The first-order valence-corrected chi connectivity index (χ1v) is 15.6. The van der Waals surface area contributed by atoms with Gasteiger partial charge in [0, 0.05) is 76.3 Å². The second kappa shape index (κ2) is 9.86. The van der Waals surface area contributed by atoms with E-state index in [0.717, 1.165) is 0 Å². The second-order valence-corrected chi connectivity index (χ2v) is 13.7. The molecule has 0 amide bonds. The van der Waals surface area contributed by atoms with Crippen LogP contribution in [-0.4, -0.2) is 103 Å². The van der Waals surface area contributed by atoms with Gasteiger partial charge in [-0.2, -0.15) is 0 Å². The quantitative estimate of drug-likeness (QED) is 0.299. The molecule has 3 N–H and O–H groups in total. The molecule has 7 bridgehead atoms. The number of benzene rings is 1. The molecule has 4 unspecified atom stereocenters. The minimum absolute atomic E-state index is 0.0559. The number of likely N-dealkylation sites (N-methyl/N-ethyl adjacent to an activating group) is 1. The van der Waals surface area contributed by atoms with Crippen molar-refractivity contribution in [3.8, 4) is 0 Å². The number of rotatable bonds is 8. The van der Waals surface area contributed by atoms with Crippen LogP contribution in [0.4, 0.5) is 5.69 Å². The third-order valence-electron chi connectivity index (χ3n) is 12.6. The standard InChI is InChI=1S/C32H44N2O9/c1-6-34-16-29(42-28(36)18-9-7-8-10-21(18)33-43-17(2)35)12-11-25(40-4)31-23(29)14-20(26(31)34)30(37)15-22(39-3)19-13-24(31)32(30,38)27(19)41-5/h7-10,19-20,22-27,33,37-38H,6,11-16H2,1-5H3/t19-,20?,22+,23?,24?,25+,26-,27?,29+,30+,31+,32+/m1/s1. The Bertz CT molecular complexity index is 1310. The number of piperidine rings is 1. The van der Waals surface area contributed by atoms with Crippen LogP contribution in [0.15, 0.2) is 24.3 Å². The number of ether oxygens (including phenoxy) is 4. The highest BCUT2D eigenvalue weighted by molar-refractivity contribution is 5.96. The Morgan fingerprint density at radius 3 is 2.51 bits per heavy atom. The Morgan fingerprint density at radius 2 is 1.84 bits per heavy atom. The predicted molar refractivity (Wildman–Crippen MR) is 153 cm³/mol. The third kappa shape index (κ3) is 3.46. The summed E-state index contributed by atoms with van der Waals surface area (Å²) in [5, 5.41) is 25.7. The Kier molecular flexibility index (Phi) is 6.75. The van der Waals surface area contributed by atoms with Gasteiger partial charge in [0.15, 0.2) is 0 Å². The highest BCUT2D eigenvalue weighted by Gasteiger charge is 2.89. The first-order valence-electron chi connectivity index (χ1n) is 15.6. The van der Waals surface area contributed by atoms with Crippen LogP contribution in [0.5, 0.6) is 0 Å². The van der Waals surface area contributed by atoms with Gasteiger partial charge in [-0.25, -0.2) is 10.3 Å². The summed E-state index contributed by atoms with van der Waals surface area (Å²) in [6.45, 7) is 4.62. The van der Waals surface area contributed by atoms with E-state index >= 15 is 0 Å². The zero-order valence-corrected chi connectivity index (χ0v) is 25.6. The molecule has 6 fully saturated rings. The molecule has 7 rings (SSSR count). The topological polar surface area (TPSA) is 136 Å². The maximum Gasteiger partial charge on any atom is 0.340 e. The summed E-state index contributed by atoms with van der Waals surface area (Å²) in [7, 11) is 5.04. The first-order chi connectivity index (χ1) is 20.6. The lowest BCUT2D eigenvalue weighted by Crippen LogP contribution is -2.83. The lowest BCUT2D eigenvalue weighted by atomic mass is 9.44. The number of hydrogen-bond acceptors (Lipinski definition) is 11. The van der Waals surface area contributed by atoms with Crippen molar-refractivity contribution in [2.24, 2.45) is 29.1 Å². The summed E-state index contributed by atoms with van der Waals surface area (Å²) in [5.41, 5.74) is -1.16. The number of anilines is 1. The molecule has 12 atom stereocenters. The van der Waals surface area contributed by atoms with Gasteiger partial charge in [-0.1, -0.05) is 19.1 Å². The monoisotopic (exact) mass is 600 g/mol. The number of methoxy groups -OCH3 is 3. The average Bonchev–Trinajstić information content (AvgIpc) is 3.42. The number of carbonyl (C=O) groups excluding carboxylic acids is 2. The lowest BCUT2D eigenvalue weighted by Gasteiger charge is -2.70. The summed E-state index contributed by atoms with van der Waals surface area (Å²) < 4.78 is 25.0. The van der Waals surface area contributed by atoms with Crippen molar-refractivity contribution < 1.29 is 43.6 Å². The van der Waals surface area contributed by atoms with Gasteiger partial charge in [-0.3, -0.25) is 9.69 Å². The molecular weight excluding hydrogens is 556 g/mol. The van der Waals surface area contributed by atoms with Crippen LogP contribution in [0.25, 0.3) is 0 Å². The fraction of sp³-hybridized carbons (Fsp3) is 0.750. The third-order valence-corrected chi connectivity index (χ3v) is 12.6. The molecule has 0 aromatic heterocycles. The average molecular weight is 601 g/mol. The zero-order chi connectivity index (χ0) is 30.5. The van der Waals surface area contributed by atoms with E-state index in [4.69, 9.17) is 23.8 Å². The zero-order valence-electron chi connectivity index (χ0n) is 25.6. The van der Waals surface area contributed by atoms with Crippen LogP contribution in [-0.2, 0) is 28.6 Å². The normalized spacial score (nSPS) is 47.2. The molecule has 43 heavy (non-hydrogen) atoms. The molecular formula is C32H44N2O9. The molecule has 1 aromatic carbocycles. The van der Waals surface area contributed by atoms with Crippen molar-refractivity contribution in [2.75, 3.05) is 39.9 Å². The van der Waals surface area contributed by atoms with Gasteiger partial charge in [0.05, 0.1) is 29.6 Å². The number of carbonyl (C=O) groups is 2. The van der Waals surface area contributed by atoms with Gasteiger partial charge in [0.25, 0.3) is 0 Å². The van der Waals surface area contributed by atoms with E-state index in [1.54, 1.807) is 45.6 Å². The van der Waals surface area contributed by atoms with Gasteiger partial charge in [-0.15, -0.1) is 0 Å².